The number of esters is 4. The van der Waals surface area contributed by atoms with E-state index < -0.39 is 97.5 Å². The van der Waals surface area contributed by atoms with Gasteiger partial charge in [0.15, 0.2) is 12.2 Å². The largest absolute Gasteiger partial charge is 0.472 e. The van der Waals surface area contributed by atoms with Crippen LogP contribution in [-0.2, 0) is 65.4 Å². The first kappa shape index (κ1) is 98.1. The van der Waals surface area contributed by atoms with E-state index in [1.54, 1.807) is 0 Å². The van der Waals surface area contributed by atoms with Crippen molar-refractivity contribution in [3.05, 3.63) is 0 Å². The third kappa shape index (κ3) is 74.3. The van der Waals surface area contributed by atoms with Crippen LogP contribution in [0.1, 0.15) is 421 Å². The fourth-order valence-electron chi connectivity index (χ4n) is 12.5. The third-order valence-electron chi connectivity index (χ3n) is 18.9. The second kappa shape index (κ2) is 71.3. The molecule has 0 saturated heterocycles. The average Bonchev–Trinajstić information content (AvgIpc) is 0.932. The summed E-state index contributed by atoms with van der Waals surface area (Å²) in [6.45, 7) is 11.9. The topological polar surface area (TPSA) is 237 Å². The molecular weight excluding hydrogens is 1310 g/mol. The Bertz CT molecular complexity index is 1940. The highest BCUT2D eigenvalue weighted by atomic mass is 31.2. The molecule has 0 heterocycles. The summed E-state index contributed by atoms with van der Waals surface area (Å²) >= 11 is 0. The molecule has 0 amide bonds. The van der Waals surface area contributed by atoms with Gasteiger partial charge in [-0.05, 0) is 43.4 Å². The van der Waals surface area contributed by atoms with Crippen LogP contribution in [0.25, 0.3) is 0 Å². The molecule has 0 aliphatic carbocycles. The van der Waals surface area contributed by atoms with E-state index in [1.165, 1.54) is 231 Å². The SMILES string of the molecule is CCCCCCCCCCCCCCCCCCCCCC(=O)O[C@H](COC(=O)CCCCCCCCCCCCCCC(C)C)COP(=O)(O)OC[C@@H](O)COP(=O)(O)OC[C@@H](COC(=O)CCCCCCCCCCCC(C)C)OC(=O)CCCCCCCCCCCCCC(C)C. The minimum Gasteiger partial charge on any atom is -0.462 e. The van der Waals surface area contributed by atoms with Gasteiger partial charge < -0.3 is 33.8 Å². The minimum atomic E-state index is -4.96. The first-order valence-electron chi connectivity index (χ1n) is 41.8. The number of carbonyl (C=O) groups excluding carboxylic acids is 4. The lowest BCUT2D eigenvalue weighted by atomic mass is 10.0. The van der Waals surface area contributed by atoms with Gasteiger partial charge in [-0.25, -0.2) is 9.13 Å². The smallest absolute Gasteiger partial charge is 0.462 e. The molecule has 100 heavy (non-hydrogen) atoms. The summed E-state index contributed by atoms with van der Waals surface area (Å²) in [5, 5.41) is 10.6. The van der Waals surface area contributed by atoms with Gasteiger partial charge in [0.05, 0.1) is 26.4 Å². The maximum absolute atomic E-state index is 13.1. The number of aliphatic hydroxyl groups excluding tert-OH is 1. The average molecular weight is 1470 g/mol. The second-order valence-corrected chi connectivity index (χ2v) is 33.5. The molecule has 0 aliphatic rings. The summed E-state index contributed by atoms with van der Waals surface area (Å²) < 4.78 is 68.7. The standard InChI is InChI=1S/C81H158O17P2/c1-8-9-10-11-12-13-14-15-16-17-18-19-20-21-28-35-43-50-57-64-80(85)97-76(68-91-78(83)62-55-48-41-34-27-23-22-25-31-38-45-52-59-72(2)3)70-95-99(87,88)93-66-75(82)67-94-100(89,90)96-71-77(69-92-79(84)63-56-49-42-37-30-33-40-47-54-61-74(6)7)98-81(86)65-58-51-44-36-29-24-26-32-39-46-53-60-73(4)5/h72-77,82H,8-71H2,1-7H3,(H,87,88)(H,89,90)/t75-,76-,77-/m1/s1. The van der Waals surface area contributed by atoms with E-state index in [0.717, 1.165) is 108 Å². The molecule has 0 rings (SSSR count). The van der Waals surface area contributed by atoms with Crippen molar-refractivity contribution in [2.45, 2.75) is 439 Å². The number of ether oxygens (including phenoxy) is 4. The molecule has 0 saturated carbocycles. The van der Waals surface area contributed by atoms with Crippen LogP contribution >= 0.6 is 15.6 Å². The molecule has 0 aromatic rings. The predicted molar refractivity (Wildman–Crippen MR) is 409 cm³/mol. The van der Waals surface area contributed by atoms with Crippen LogP contribution in [0.3, 0.4) is 0 Å². The monoisotopic (exact) mass is 1470 g/mol. The van der Waals surface area contributed by atoms with Gasteiger partial charge in [-0.2, -0.15) is 0 Å². The number of phosphoric ester groups is 2. The molecule has 0 radical (unpaired) electrons. The van der Waals surface area contributed by atoms with E-state index in [4.69, 9.17) is 37.0 Å². The van der Waals surface area contributed by atoms with Crippen LogP contribution in [0.2, 0.25) is 0 Å². The van der Waals surface area contributed by atoms with E-state index in [1.807, 2.05) is 0 Å². The van der Waals surface area contributed by atoms with Gasteiger partial charge in [-0.3, -0.25) is 37.3 Å². The molecule has 0 aromatic heterocycles. The normalized spacial score (nSPS) is 14.0. The molecule has 3 N–H and O–H groups in total. The second-order valence-electron chi connectivity index (χ2n) is 30.6. The van der Waals surface area contributed by atoms with Crippen molar-refractivity contribution in [1.82, 2.24) is 0 Å². The van der Waals surface area contributed by atoms with Crippen molar-refractivity contribution in [3.8, 4) is 0 Å². The Hall–Kier alpha value is -1.94. The lowest BCUT2D eigenvalue weighted by molar-refractivity contribution is -0.161. The Labute approximate surface area is 613 Å². The molecule has 0 spiro atoms. The van der Waals surface area contributed by atoms with E-state index >= 15 is 0 Å². The van der Waals surface area contributed by atoms with Crippen molar-refractivity contribution >= 4 is 39.5 Å². The van der Waals surface area contributed by atoms with Crippen LogP contribution in [0.4, 0.5) is 0 Å². The fourth-order valence-corrected chi connectivity index (χ4v) is 14.1. The first-order chi connectivity index (χ1) is 48.2. The van der Waals surface area contributed by atoms with Gasteiger partial charge >= 0.3 is 39.5 Å². The molecule has 0 bridgehead atoms. The number of unbranched alkanes of at least 4 members (excludes halogenated alkanes) is 47. The zero-order valence-electron chi connectivity index (χ0n) is 65.7. The van der Waals surface area contributed by atoms with Crippen molar-refractivity contribution in [3.63, 3.8) is 0 Å². The Kier molecular flexibility index (Phi) is 69.9. The maximum Gasteiger partial charge on any atom is 0.472 e. The number of rotatable bonds is 79. The summed E-state index contributed by atoms with van der Waals surface area (Å²) in [4.78, 5) is 73.1. The van der Waals surface area contributed by atoms with Crippen molar-refractivity contribution in [2.75, 3.05) is 39.6 Å². The number of phosphoric acid groups is 2. The minimum absolute atomic E-state index is 0.106. The summed E-state index contributed by atoms with van der Waals surface area (Å²) in [5.41, 5.74) is 0. The van der Waals surface area contributed by atoms with Gasteiger partial charge in [0.1, 0.15) is 19.3 Å². The number of hydrogen-bond donors (Lipinski definition) is 3. The lowest BCUT2D eigenvalue weighted by Gasteiger charge is -2.21. The highest BCUT2D eigenvalue weighted by molar-refractivity contribution is 7.47. The number of carbonyl (C=O) groups is 4. The van der Waals surface area contributed by atoms with Gasteiger partial charge in [-0.1, -0.05) is 370 Å². The van der Waals surface area contributed by atoms with Crippen LogP contribution in [0.15, 0.2) is 0 Å². The molecule has 594 valence electrons. The quantitative estimate of drug-likeness (QED) is 0.0222. The third-order valence-corrected chi connectivity index (χ3v) is 20.8. The summed E-state index contributed by atoms with van der Waals surface area (Å²) in [7, 11) is -9.92. The molecule has 17 nitrogen and oxygen atoms in total. The maximum atomic E-state index is 13.1. The van der Waals surface area contributed by atoms with E-state index in [-0.39, 0.29) is 25.7 Å². The van der Waals surface area contributed by atoms with Gasteiger partial charge in [0, 0.05) is 25.7 Å². The lowest BCUT2D eigenvalue weighted by Crippen LogP contribution is -2.30. The van der Waals surface area contributed by atoms with Crippen LogP contribution < -0.4 is 0 Å². The molecule has 0 aliphatic heterocycles. The van der Waals surface area contributed by atoms with Gasteiger partial charge in [-0.15, -0.1) is 0 Å². The summed E-state index contributed by atoms with van der Waals surface area (Å²) in [5.74, 6) is 0.180. The Morgan fingerprint density at radius 2 is 0.460 bits per heavy atom. The van der Waals surface area contributed by atoms with Crippen LogP contribution in [0.5, 0.6) is 0 Å². The number of aliphatic hydroxyl groups is 1. The zero-order chi connectivity index (χ0) is 73.7. The van der Waals surface area contributed by atoms with Crippen molar-refractivity contribution in [1.29, 1.82) is 0 Å². The Balaban J connectivity index is 5.26. The van der Waals surface area contributed by atoms with E-state index in [9.17, 15) is 43.2 Å². The highest BCUT2D eigenvalue weighted by Gasteiger charge is 2.30. The van der Waals surface area contributed by atoms with Gasteiger partial charge in [0.2, 0.25) is 0 Å². The number of hydrogen-bond acceptors (Lipinski definition) is 15. The van der Waals surface area contributed by atoms with Crippen molar-refractivity contribution in [2.24, 2.45) is 17.8 Å². The van der Waals surface area contributed by atoms with Crippen molar-refractivity contribution < 1.29 is 80.2 Å². The van der Waals surface area contributed by atoms with E-state index in [0.29, 0.717) is 25.7 Å². The molecule has 0 fully saturated rings. The zero-order valence-corrected chi connectivity index (χ0v) is 67.5. The fraction of sp³-hybridized carbons (Fsp3) is 0.951. The van der Waals surface area contributed by atoms with Gasteiger partial charge in [0.25, 0.3) is 0 Å². The highest BCUT2D eigenvalue weighted by Crippen LogP contribution is 2.45. The molecule has 19 heteroatoms. The molecule has 0 aromatic carbocycles. The molecule has 5 atom stereocenters. The Morgan fingerprint density at radius 1 is 0.270 bits per heavy atom. The molecular formula is C81H158O17P2. The predicted octanol–water partition coefficient (Wildman–Crippen LogP) is 24.1. The molecule has 2 unspecified atom stereocenters. The summed E-state index contributed by atoms with van der Waals surface area (Å²) in [6.07, 6.45) is 59.6. The summed E-state index contributed by atoms with van der Waals surface area (Å²) in [6, 6.07) is 0. The van der Waals surface area contributed by atoms with E-state index in [2.05, 4.69) is 48.5 Å². The van der Waals surface area contributed by atoms with Crippen LogP contribution in [0, 0.1) is 17.8 Å². The Morgan fingerprint density at radius 3 is 0.680 bits per heavy atom. The first-order valence-corrected chi connectivity index (χ1v) is 44.8. The van der Waals surface area contributed by atoms with Crippen LogP contribution in [-0.4, -0.2) is 96.7 Å².